The summed E-state index contributed by atoms with van der Waals surface area (Å²) in [5.41, 5.74) is 7.14. The van der Waals surface area contributed by atoms with Gasteiger partial charge >= 0.3 is 0 Å². The molecule has 2 aromatic rings. The van der Waals surface area contributed by atoms with E-state index < -0.39 is 0 Å². The van der Waals surface area contributed by atoms with Crippen LogP contribution in [0.1, 0.15) is 20.3 Å². The van der Waals surface area contributed by atoms with Crippen molar-refractivity contribution in [3.8, 4) is 0 Å². The fraction of sp³-hybridized carbons (Fsp3) is 0.400. The van der Waals surface area contributed by atoms with Crippen LogP contribution in [0, 0.1) is 5.92 Å². The molecule has 0 aliphatic rings. The zero-order valence-electron chi connectivity index (χ0n) is 11.0. The zero-order chi connectivity index (χ0) is 13.1. The van der Waals surface area contributed by atoms with Crippen LogP contribution in [-0.4, -0.2) is 10.6 Å². The van der Waals surface area contributed by atoms with Gasteiger partial charge in [-0.25, -0.2) is 0 Å². The molecule has 1 aromatic heterocycles. The summed E-state index contributed by atoms with van der Waals surface area (Å²) in [5.74, 6) is 0.413. The Balaban J connectivity index is 2.43. The summed E-state index contributed by atoms with van der Waals surface area (Å²) < 4.78 is 1.78. The normalized spacial score (nSPS) is 14.6. The molecule has 1 aromatic carbocycles. The van der Waals surface area contributed by atoms with Crippen molar-refractivity contribution in [2.45, 2.75) is 32.9 Å². The Bertz CT molecular complexity index is 588. The second-order valence-corrected chi connectivity index (χ2v) is 4.89. The molecule has 2 rings (SSSR count). The SMILES string of the molecule is CCC(C)C(N)Cn1c(=O)ccc2ccccc21. The summed E-state index contributed by atoms with van der Waals surface area (Å²) in [6, 6.07) is 11.4. The topological polar surface area (TPSA) is 48.0 Å². The van der Waals surface area contributed by atoms with E-state index in [0.717, 1.165) is 17.3 Å². The second kappa shape index (κ2) is 5.36. The number of para-hydroxylation sites is 1. The number of rotatable bonds is 4. The fourth-order valence-electron chi connectivity index (χ4n) is 2.13. The molecule has 1 heterocycles. The number of pyridine rings is 1. The van der Waals surface area contributed by atoms with E-state index >= 15 is 0 Å². The predicted molar refractivity (Wildman–Crippen MR) is 75.6 cm³/mol. The van der Waals surface area contributed by atoms with Crippen molar-refractivity contribution in [3.05, 3.63) is 46.8 Å². The lowest BCUT2D eigenvalue weighted by molar-refractivity contribution is 0.397. The zero-order valence-corrected chi connectivity index (χ0v) is 11.0. The summed E-state index contributed by atoms with van der Waals surface area (Å²) in [7, 11) is 0. The van der Waals surface area contributed by atoms with E-state index in [2.05, 4.69) is 13.8 Å². The molecule has 2 unspecified atom stereocenters. The first-order valence-electron chi connectivity index (χ1n) is 6.47. The maximum atomic E-state index is 12.0. The largest absolute Gasteiger partial charge is 0.326 e. The maximum Gasteiger partial charge on any atom is 0.251 e. The summed E-state index contributed by atoms with van der Waals surface area (Å²) in [6.07, 6.45) is 1.03. The lowest BCUT2D eigenvalue weighted by atomic mass is 10.00. The third-order valence-electron chi connectivity index (χ3n) is 3.67. The Kier molecular flexibility index (Phi) is 3.82. The van der Waals surface area contributed by atoms with Crippen molar-refractivity contribution in [2.24, 2.45) is 11.7 Å². The molecule has 2 N–H and O–H groups in total. The highest BCUT2D eigenvalue weighted by atomic mass is 16.1. The molecule has 0 fully saturated rings. The molecular weight excluding hydrogens is 224 g/mol. The Labute approximate surface area is 107 Å². The third kappa shape index (κ3) is 2.46. The van der Waals surface area contributed by atoms with Crippen molar-refractivity contribution < 1.29 is 0 Å². The third-order valence-corrected chi connectivity index (χ3v) is 3.67. The summed E-state index contributed by atoms with van der Waals surface area (Å²) in [6.45, 7) is 4.83. The van der Waals surface area contributed by atoms with Crippen molar-refractivity contribution in [3.63, 3.8) is 0 Å². The Hall–Kier alpha value is -1.61. The van der Waals surface area contributed by atoms with Crippen LogP contribution < -0.4 is 11.3 Å². The van der Waals surface area contributed by atoms with E-state index in [1.54, 1.807) is 10.6 Å². The lowest BCUT2D eigenvalue weighted by Crippen LogP contribution is -2.36. The van der Waals surface area contributed by atoms with Crippen LogP contribution in [0.4, 0.5) is 0 Å². The lowest BCUT2D eigenvalue weighted by Gasteiger charge is -2.20. The first-order valence-corrected chi connectivity index (χ1v) is 6.47. The van der Waals surface area contributed by atoms with Crippen LogP contribution in [0.5, 0.6) is 0 Å². The van der Waals surface area contributed by atoms with E-state index in [1.165, 1.54) is 0 Å². The van der Waals surface area contributed by atoms with Gasteiger partial charge in [0.1, 0.15) is 0 Å². The van der Waals surface area contributed by atoms with E-state index in [0.29, 0.717) is 12.5 Å². The number of aromatic nitrogens is 1. The molecule has 0 bridgehead atoms. The second-order valence-electron chi connectivity index (χ2n) is 4.89. The highest BCUT2D eigenvalue weighted by Gasteiger charge is 2.13. The van der Waals surface area contributed by atoms with Gasteiger partial charge in [0.25, 0.3) is 5.56 Å². The van der Waals surface area contributed by atoms with Gasteiger partial charge in [-0.3, -0.25) is 4.79 Å². The smallest absolute Gasteiger partial charge is 0.251 e. The van der Waals surface area contributed by atoms with Crippen LogP contribution in [0.3, 0.4) is 0 Å². The molecule has 0 spiro atoms. The first-order chi connectivity index (χ1) is 8.63. The molecule has 18 heavy (non-hydrogen) atoms. The number of fused-ring (bicyclic) bond motifs is 1. The predicted octanol–water partition coefficient (Wildman–Crippen LogP) is 2.37. The van der Waals surface area contributed by atoms with Crippen LogP contribution in [-0.2, 0) is 6.54 Å². The minimum absolute atomic E-state index is 0.0125. The number of nitrogens with two attached hydrogens (primary N) is 1. The van der Waals surface area contributed by atoms with E-state index in [1.807, 2.05) is 30.3 Å². The number of hydrogen-bond donors (Lipinski definition) is 1. The van der Waals surface area contributed by atoms with Crippen molar-refractivity contribution in [1.29, 1.82) is 0 Å². The highest BCUT2D eigenvalue weighted by molar-refractivity contribution is 5.78. The molecule has 3 nitrogen and oxygen atoms in total. The van der Waals surface area contributed by atoms with Crippen molar-refractivity contribution in [1.82, 2.24) is 4.57 Å². The Morgan fingerprint density at radius 2 is 1.94 bits per heavy atom. The fourth-order valence-corrected chi connectivity index (χ4v) is 2.13. The van der Waals surface area contributed by atoms with Gasteiger partial charge in [-0.1, -0.05) is 38.5 Å². The summed E-state index contributed by atoms with van der Waals surface area (Å²) in [4.78, 5) is 12.0. The number of hydrogen-bond acceptors (Lipinski definition) is 2. The average molecular weight is 244 g/mol. The first kappa shape index (κ1) is 12.8. The average Bonchev–Trinajstić information content (AvgIpc) is 2.41. The minimum Gasteiger partial charge on any atom is -0.326 e. The van der Waals surface area contributed by atoms with Gasteiger partial charge in [0.15, 0.2) is 0 Å². The molecule has 2 atom stereocenters. The van der Waals surface area contributed by atoms with Gasteiger partial charge in [-0.05, 0) is 23.4 Å². The monoisotopic (exact) mass is 244 g/mol. The molecule has 0 radical (unpaired) electrons. The molecule has 0 aliphatic carbocycles. The van der Waals surface area contributed by atoms with Crippen LogP contribution >= 0.6 is 0 Å². The van der Waals surface area contributed by atoms with E-state index in [4.69, 9.17) is 5.73 Å². The maximum absolute atomic E-state index is 12.0. The standard InChI is InChI=1S/C15H20N2O/c1-3-11(2)13(16)10-17-14-7-5-4-6-12(14)8-9-15(17)18/h4-9,11,13H,3,10,16H2,1-2H3. The summed E-state index contributed by atoms with van der Waals surface area (Å²) in [5, 5.41) is 1.08. The van der Waals surface area contributed by atoms with Gasteiger partial charge in [-0.15, -0.1) is 0 Å². The number of benzene rings is 1. The van der Waals surface area contributed by atoms with Gasteiger partial charge in [0.05, 0.1) is 5.52 Å². The van der Waals surface area contributed by atoms with Gasteiger partial charge in [0.2, 0.25) is 0 Å². The van der Waals surface area contributed by atoms with Crippen molar-refractivity contribution >= 4 is 10.9 Å². The van der Waals surface area contributed by atoms with Gasteiger partial charge in [0, 0.05) is 18.7 Å². The molecule has 0 saturated heterocycles. The molecule has 0 saturated carbocycles. The Morgan fingerprint density at radius 3 is 2.67 bits per heavy atom. The van der Waals surface area contributed by atoms with Crippen LogP contribution in [0.2, 0.25) is 0 Å². The molecule has 96 valence electrons. The summed E-state index contributed by atoms with van der Waals surface area (Å²) >= 11 is 0. The molecule has 0 amide bonds. The van der Waals surface area contributed by atoms with Crippen molar-refractivity contribution in [2.75, 3.05) is 0 Å². The highest BCUT2D eigenvalue weighted by Crippen LogP contribution is 2.13. The Morgan fingerprint density at radius 1 is 1.22 bits per heavy atom. The molecule has 0 aliphatic heterocycles. The minimum atomic E-state index is 0.0125. The molecule has 3 heteroatoms. The van der Waals surface area contributed by atoms with Crippen LogP contribution in [0.25, 0.3) is 10.9 Å². The van der Waals surface area contributed by atoms with Gasteiger partial charge in [-0.2, -0.15) is 0 Å². The van der Waals surface area contributed by atoms with Crippen LogP contribution in [0.15, 0.2) is 41.2 Å². The number of nitrogens with zero attached hydrogens (tertiary/aromatic N) is 1. The quantitative estimate of drug-likeness (QED) is 0.897. The van der Waals surface area contributed by atoms with E-state index in [9.17, 15) is 4.79 Å². The van der Waals surface area contributed by atoms with Gasteiger partial charge < -0.3 is 10.3 Å². The molecular formula is C15H20N2O. The van der Waals surface area contributed by atoms with E-state index in [-0.39, 0.29) is 11.6 Å².